The molecule has 2 atom stereocenters. The van der Waals surface area contributed by atoms with Crippen LogP contribution in [0.2, 0.25) is 0 Å². The van der Waals surface area contributed by atoms with E-state index in [1.807, 2.05) is 11.9 Å². The van der Waals surface area contributed by atoms with Crippen molar-refractivity contribution in [3.05, 3.63) is 0 Å². The van der Waals surface area contributed by atoms with Crippen molar-refractivity contribution in [3.8, 4) is 0 Å². The van der Waals surface area contributed by atoms with Crippen LogP contribution in [0.25, 0.3) is 0 Å². The second-order valence-electron chi connectivity index (χ2n) is 4.92. The van der Waals surface area contributed by atoms with Gasteiger partial charge >= 0.3 is 0 Å². The van der Waals surface area contributed by atoms with E-state index in [9.17, 15) is 8.78 Å². The molecule has 2 aliphatic carbocycles. The van der Waals surface area contributed by atoms with E-state index in [0.717, 1.165) is 19.0 Å². The molecule has 0 aliphatic heterocycles. The molecular weight excluding hydrogens is 198 g/mol. The molecule has 2 fully saturated rings. The van der Waals surface area contributed by atoms with Crippen molar-refractivity contribution in [2.75, 3.05) is 20.1 Å². The molecule has 2 saturated carbocycles. The number of hydrogen-bond donors (Lipinski definition) is 1. The Kier molecular flexibility index (Phi) is 3.57. The fourth-order valence-electron chi connectivity index (χ4n) is 2.33. The summed E-state index contributed by atoms with van der Waals surface area (Å²) < 4.78 is 24.4. The molecule has 2 aliphatic rings. The number of hydrogen-bond acceptors (Lipinski definition) is 2. The molecule has 15 heavy (non-hydrogen) atoms. The van der Waals surface area contributed by atoms with Crippen LogP contribution in [0.15, 0.2) is 0 Å². The first kappa shape index (κ1) is 11.3. The first-order valence-electron chi connectivity index (χ1n) is 5.88. The third kappa shape index (κ3) is 3.11. The predicted molar refractivity (Wildman–Crippen MR) is 56.2 cm³/mol. The van der Waals surface area contributed by atoms with Crippen LogP contribution < -0.4 is 5.32 Å². The Morgan fingerprint density at radius 3 is 2.47 bits per heavy atom. The molecule has 0 aromatic heterocycles. The number of alkyl halides is 2. The molecule has 0 heterocycles. The fourth-order valence-corrected chi connectivity index (χ4v) is 2.33. The highest BCUT2D eigenvalue weighted by molar-refractivity contribution is 4.91. The van der Waals surface area contributed by atoms with Crippen LogP contribution in [-0.4, -0.2) is 43.5 Å². The minimum absolute atomic E-state index is 0.0788. The molecular formula is C11H20F2N2. The number of rotatable bonds is 6. The van der Waals surface area contributed by atoms with E-state index in [1.165, 1.54) is 19.3 Å². The molecule has 0 spiro atoms. The topological polar surface area (TPSA) is 15.3 Å². The summed E-state index contributed by atoms with van der Waals surface area (Å²) in [4.78, 5) is 1.83. The SMILES string of the molecule is CN(CC(F)F)C1CCC1CNC1CC1. The van der Waals surface area contributed by atoms with E-state index >= 15 is 0 Å². The van der Waals surface area contributed by atoms with Gasteiger partial charge < -0.3 is 5.32 Å². The summed E-state index contributed by atoms with van der Waals surface area (Å²) in [5.74, 6) is 0.592. The second-order valence-corrected chi connectivity index (χ2v) is 4.92. The Bertz CT molecular complexity index is 207. The van der Waals surface area contributed by atoms with Crippen LogP contribution >= 0.6 is 0 Å². The molecule has 0 aromatic carbocycles. The monoisotopic (exact) mass is 218 g/mol. The first-order chi connectivity index (χ1) is 7.16. The highest BCUT2D eigenvalue weighted by Gasteiger charge is 2.35. The zero-order valence-electron chi connectivity index (χ0n) is 9.26. The van der Waals surface area contributed by atoms with Crippen LogP contribution in [0.5, 0.6) is 0 Å². The Morgan fingerprint density at radius 2 is 2.00 bits per heavy atom. The summed E-state index contributed by atoms with van der Waals surface area (Å²) in [6.45, 7) is 0.938. The minimum Gasteiger partial charge on any atom is -0.314 e. The zero-order chi connectivity index (χ0) is 10.8. The summed E-state index contributed by atoms with van der Waals surface area (Å²) in [5.41, 5.74) is 0. The third-order valence-electron chi connectivity index (χ3n) is 3.62. The van der Waals surface area contributed by atoms with E-state index in [0.29, 0.717) is 12.0 Å². The van der Waals surface area contributed by atoms with Crippen molar-refractivity contribution in [2.45, 2.75) is 44.2 Å². The van der Waals surface area contributed by atoms with Gasteiger partial charge in [0.05, 0.1) is 6.54 Å². The van der Waals surface area contributed by atoms with Crippen LogP contribution in [0, 0.1) is 5.92 Å². The summed E-state index contributed by atoms with van der Waals surface area (Å²) in [6, 6.07) is 1.11. The lowest BCUT2D eigenvalue weighted by atomic mass is 9.78. The minimum atomic E-state index is -2.20. The van der Waals surface area contributed by atoms with Gasteiger partial charge in [-0.15, -0.1) is 0 Å². The van der Waals surface area contributed by atoms with Crippen molar-refractivity contribution < 1.29 is 8.78 Å². The third-order valence-corrected chi connectivity index (χ3v) is 3.62. The first-order valence-corrected chi connectivity index (χ1v) is 5.88. The molecule has 0 radical (unpaired) electrons. The van der Waals surface area contributed by atoms with Gasteiger partial charge in [-0.1, -0.05) is 0 Å². The standard InChI is InChI=1S/C11H20F2N2/c1-15(7-11(12)13)10-5-2-8(10)6-14-9-3-4-9/h8-11,14H,2-7H2,1H3. The molecule has 2 rings (SSSR count). The van der Waals surface area contributed by atoms with Gasteiger partial charge in [-0.2, -0.15) is 0 Å². The van der Waals surface area contributed by atoms with Crippen LogP contribution in [-0.2, 0) is 0 Å². The molecule has 88 valence electrons. The van der Waals surface area contributed by atoms with Gasteiger partial charge in [0.1, 0.15) is 0 Å². The van der Waals surface area contributed by atoms with E-state index in [4.69, 9.17) is 0 Å². The fraction of sp³-hybridized carbons (Fsp3) is 1.00. The van der Waals surface area contributed by atoms with Gasteiger partial charge in [-0.25, -0.2) is 8.78 Å². The van der Waals surface area contributed by atoms with Crippen LogP contribution in [0.3, 0.4) is 0 Å². The Balaban J connectivity index is 1.67. The number of nitrogens with one attached hydrogen (secondary N) is 1. The zero-order valence-corrected chi connectivity index (χ0v) is 9.26. The van der Waals surface area contributed by atoms with Gasteiger partial charge in [0.2, 0.25) is 0 Å². The van der Waals surface area contributed by atoms with Gasteiger partial charge in [0.25, 0.3) is 6.43 Å². The molecule has 0 aromatic rings. The maximum atomic E-state index is 12.2. The van der Waals surface area contributed by atoms with Crippen LogP contribution in [0.4, 0.5) is 8.78 Å². The van der Waals surface area contributed by atoms with Gasteiger partial charge in [-0.05, 0) is 45.2 Å². The number of nitrogens with zero attached hydrogens (tertiary/aromatic N) is 1. The summed E-state index contributed by atoms with van der Waals surface area (Å²) >= 11 is 0. The molecule has 2 nitrogen and oxygen atoms in total. The molecule has 0 saturated heterocycles. The van der Waals surface area contributed by atoms with Gasteiger partial charge in [-0.3, -0.25) is 4.90 Å². The highest BCUT2D eigenvalue weighted by Crippen LogP contribution is 2.32. The summed E-state index contributed by atoms with van der Waals surface area (Å²) in [7, 11) is 1.82. The lowest BCUT2D eigenvalue weighted by Crippen LogP contribution is -2.50. The van der Waals surface area contributed by atoms with E-state index in [1.54, 1.807) is 0 Å². The quantitative estimate of drug-likeness (QED) is 0.730. The smallest absolute Gasteiger partial charge is 0.251 e. The highest BCUT2D eigenvalue weighted by atomic mass is 19.3. The van der Waals surface area contributed by atoms with E-state index in [-0.39, 0.29) is 6.54 Å². The molecule has 4 heteroatoms. The van der Waals surface area contributed by atoms with Crippen molar-refractivity contribution >= 4 is 0 Å². The van der Waals surface area contributed by atoms with E-state index < -0.39 is 6.43 Å². The lowest BCUT2D eigenvalue weighted by Gasteiger charge is -2.43. The second kappa shape index (κ2) is 4.74. The van der Waals surface area contributed by atoms with Crippen molar-refractivity contribution in [1.29, 1.82) is 0 Å². The Hall–Kier alpha value is -0.220. The van der Waals surface area contributed by atoms with Crippen molar-refractivity contribution in [2.24, 2.45) is 5.92 Å². The van der Waals surface area contributed by atoms with Gasteiger partial charge in [0.15, 0.2) is 0 Å². The van der Waals surface area contributed by atoms with E-state index in [2.05, 4.69) is 5.32 Å². The Morgan fingerprint density at radius 1 is 1.27 bits per heavy atom. The normalized spacial score (nSPS) is 31.0. The van der Waals surface area contributed by atoms with Crippen LogP contribution in [0.1, 0.15) is 25.7 Å². The average molecular weight is 218 g/mol. The maximum absolute atomic E-state index is 12.2. The predicted octanol–water partition coefficient (Wildman–Crippen LogP) is 1.71. The van der Waals surface area contributed by atoms with Crippen molar-refractivity contribution in [3.63, 3.8) is 0 Å². The Labute approximate surface area is 90.0 Å². The lowest BCUT2D eigenvalue weighted by molar-refractivity contribution is 0.0273. The average Bonchev–Trinajstić information content (AvgIpc) is 2.84. The summed E-state index contributed by atoms with van der Waals surface area (Å²) in [6.07, 6.45) is 2.67. The largest absolute Gasteiger partial charge is 0.314 e. The van der Waals surface area contributed by atoms with Crippen molar-refractivity contribution in [1.82, 2.24) is 10.2 Å². The van der Waals surface area contributed by atoms with Gasteiger partial charge in [0, 0.05) is 12.1 Å². The maximum Gasteiger partial charge on any atom is 0.251 e. The number of halogens is 2. The molecule has 0 amide bonds. The molecule has 0 bridgehead atoms. The molecule has 2 unspecified atom stereocenters. The summed E-state index contributed by atoms with van der Waals surface area (Å²) in [5, 5.41) is 3.48. The molecule has 1 N–H and O–H groups in total.